The molecular weight excluding hydrogens is 296 g/mol. The summed E-state index contributed by atoms with van der Waals surface area (Å²) in [5.74, 6) is 0.557. The third-order valence-corrected chi connectivity index (χ3v) is 4.60. The summed E-state index contributed by atoms with van der Waals surface area (Å²) in [6.45, 7) is 6.49. The molecule has 0 spiro atoms. The zero-order valence-corrected chi connectivity index (χ0v) is 13.8. The van der Waals surface area contributed by atoms with Gasteiger partial charge in [-0.15, -0.1) is 10.2 Å². The molecule has 5 nitrogen and oxygen atoms in total. The third-order valence-electron chi connectivity index (χ3n) is 3.60. The summed E-state index contributed by atoms with van der Waals surface area (Å²) in [5.41, 5.74) is 2.10. The normalized spacial score (nSPS) is 14.7. The van der Waals surface area contributed by atoms with Gasteiger partial charge in [0.1, 0.15) is 5.01 Å². The van der Waals surface area contributed by atoms with Crippen molar-refractivity contribution in [2.45, 2.75) is 44.9 Å². The van der Waals surface area contributed by atoms with E-state index in [0.29, 0.717) is 11.0 Å². The van der Waals surface area contributed by atoms with Crippen molar-refractivity contribution < 1.29 is 4.79 Å². The van der Waals surface area contributed by atoms with E-state index in [0.717, 1.165) is 10.7 Å². The van der Waals surface area contributed by atoms with E-state index in [4.69, 9.17) is 0 Å². The zero-order chi connectivity index (χ0) is 15.7. The molecule has 1 heterocycles. The molecule has 0 saturated heterocycles. The molecule has 3 rings (SSSR count). The molecule has 1 aliphatic rings. The SMILES string of the molecule is CC(C)(C)c1ccc(NC(=O)Nc2nnc(C3CC3)s2)cc1. The van der Waals surface area contributed by atoms with Crippen LogP contribution in [0.25, 0.3) is 0 Å². The number of amides is 2. The Morgan fingerprint density at radius 3 is 2.41 bits per heavy atom. The maximum absolute atomic E-state index is 12.0. The number of rotatable bonds is 3. The Morgan fingerprint density at radius 1 is 1.14 bits per heavy atom. The fourth-order valence-corrected chi connectivity index (χ4v) is 3.00. The van der Waals surface area contributed by atoms with Gasteiger partial charge in [0.2, 0.25) is 5.13 Å². The number of hydrogen-bond donors (Lipinski definition) is 2. The minimum absolute atomic E-state index is 0.104. The first-order valence-electron chi connectivity index (χ1n) is 7.44. The highest BCUT2D eigenvalue weighted by Gasteiger charge is 2.27. The zero-order valence-electron chi connectivity index (χ0n) is 13.0. The molecule has 1 aromatic heterocycles. The minimum atomic E-state index is -0.290. The van der Waals surface area contributed by atoms with Gasteiger partial charge in [-0.3, -0.25) is 5.32 Å². The van der Waals surface area contributed by atoms with E-state index in [2.05, 4.69) is 41.6 Å². The van der Waals surface area contributed by atoms with Crippen LogP contribution in [0.5, 0.6) is 0 Å². The van der Waals surface area contributed by atoms with Crippen molar-refractivity contribution in [3.63, 3.8) is 0 Å². The average molecular weight is 316 g/mol. The highest BCUT2D eigenvalue weighted by molar-refractivity contribution is 7.15. The molecule has 0 atom stereocenters. The minimum Gasteiger partial charge on any atom is -0.308 e. The maximum Gasteiger partial charge on any atom is 0.325 e. The van der Waals surface area contributed by atoms with Gasteiger partial charge in [0.05, 0.1) is 0 Å². The van der Waals surface area contributed by atoms with E-state index in [1.54, 1.807) is 0 Å². The van der Waals surface area contributed by atoms with E-state index >= 15 is 0 Å². The van der Waals surface area contributed by atoms with Crippen LogP contribution in [0.2, 0.25) is 0 Å². The number of aromatic nitrogens is 2. The highest BCUT2D eigenvalue weighted by atomic mass is 32.1. The average Bonchev–Trinajstić information content (AvgIpc) is 3.19. The van der Waals surface area contributed by atoms with Crippen LogP contribution < -0.4 is 10.6 Å². The molecule has 0 bridgehead atoms. The van der Waals surface area contributed by atoms with Gasteiger partial charge in [-0.1, -0.05) is 44.2 Å². The van der Waals surface area contributed by atoms with Crippen molar-refractivity contribution in [3.8, 4) is 0 Å². The van der Waals surface area contributed by atoms with Gasteiger partial charge in [0, 0.05) is 11.6 Å². The summed E-state index contributed by atoms with van der Waals surface area (Å²) in [6, 6.07) is 7.60. The van der Waals surface area contributed by atoms with Crippen molar-refractivity contribution in [1.82, 2.24) is 10.2 Å². The molecule has 1 aliphatic carbocycles. The van der Waals surface area contributed by atoms with Crippen molar-refractivity contribution >= 4 is 28.2 Å². The standard InChI is InChI=1S/C16H20N4OS/c1-16(2,3)11-6-8-12(9-7-11)17-14(21)18-15-20-19-13(22-15)10-4-5-10/h6-10H,4-5H2,1-3H3,(H2,17,18,20,21). The maximum atomic E-state index is 12.0. The van der Waals surface area contributed by atoms with Crippen LogP contribution in [0.1, 0.15) is 50.1 Å². The van der Waals surface area contributed by atoms with Crippen molar-refractivity contribution in [2.24, 2.45) is 0 Å². The van der Waals surface area contributed by atoms with Crippen molar-refractivity contribution in [1.29, 1.82) is 0 Å². The first-order chi connectivity index (χ1) is 10.4. The summed E-state index contributed by atoms with van der Waals surface area (Å²) in [6.07, 6.45) is 2.36. The molecule has 0 aliphatic heterocycles. The predicted octanol–water partition coefficient (Wildman–Crippen LogP) is 4.36. The van der Waals surface area contributed by atoms with Gasteiger partial charge < -0.3 is 5.32 Å². The van der Waals surface area contributed by atoms with Gasteiger partial charge in [-0.2, -0.15) is 0 Å². The largest absolute Gasteiger partial charge is 0.325 e. The van der Waals surface area contributed by atoms with Crippen LogP contribution in [0, 0.1) is 0 Å². The smallest absolute Gasteiger partial charge is 0.308 e. The van der Waals surface area contributed by atoms with Crippen LogP contribution in [-0.4, -0.2) is 16.2 Å². The fraction of sp³-hybridized carbons (Fsp3) is 0.438. The monoisotopic (exact) mass is 316 g/mol. The molecule has 2 amide bonds. The Kier molecular flexibility index (Phi) is 3.87. The number of urea groups is 1. The Balaban J connectivity index is 1.58. The quantitative estimate of drug-likeness (QED) is 0.884. The van der Waals surface area contributed by atoms with Crippen LogP contribution in [0.4, 0.5) is 15.6 Å². The predicted molar refractivity (Wildman–Crippen MR) is 89.7 cm³/mol. The van der Waals surface area contributed by atoms with Gasteiger partial charge in [-0.05, 0) is 36.0 Å². The molecule has 1 aromatic carbocycles. The van der Waals surface area contributed by atoms with Crippen LogP contribution >= 0.6 is 11.3 Å². The van der Waals surface area contributed by atoms with Gasteiger partial charge >= 0.3 is 6.03 Å². The van der Waals surface area contributed by atoms with Gasteiger partial charge in [0.15, 0.2) is 0 Å². The van der Waals surface area contributed by atoms with Crippen LogP contribution in [0.15, 0.2) is 24.3 Å². The van der Waals surface area contributed by atoms with Crippen molar-refractivity contribution in [3.05, 3.63) is 34.8 Å². The highest BCUT2D eigenvalue weighted by Crippen LogP contribution is 2.42. The first-order valence-corrected chi connectivity index (χ1v) is 8.25. The second-order valence-corrected chi connectivity index (χ2v) is 7.64. The lowest BCUT2D eigenvalue weighted by molar-refractivity contribution is 0.262. The van der Waals surface area contributed by atoms with Gasteiger partial charge in [0.25, 0.3) is 0 Å². The molecule has 0 unspecified atom stereocenters. The topological polar surface area (TPSA) is 66.9 Å². The molecule has 1 saturated carbocycles. The Labute approximate surface area is 134 Å². The molecule has 22 heavy (non-hydrogen) atoms. The van der Waals surface area contributed by atoms with E-state index in [1.807, 2.05) is 24.3 Å². The lowest BCUT2D eigenvalue weighted by atomic mass is 9.87. The molecule has 2 aromatic rings. The number of anilines is 2. The molecule has 116 valence electrons. The fourth-order valence-electron chi connectivity index (χ4n) is 2.09. The lowest BCUT2D eigenvalue weighted by Crippen LogP contribution is -2.19. The molecule has 0 radical (unpaired) electrons. The summed E-state index contributed by atoms with van der Waals surface area (Å²) >= 11 is 1.45. The molecule has 2 N–H and O–H groups in total. The second-order valence-electron chi connectivity index (χ2n) is 6.63. The van der Waals surface area contributed by atoms with E-state index < -0.39 is 0 Å². The van der Waals surface area contributed by atoms with E-state index in [-0.39, 0.29) is 11.4 Å². The van der Waals surface area contributed by atoms with Crippen LogP contribution in [-0.2, 0) is 5.41 Å². The number of carbonyl (C=O) groups is 1. The molecule has 1 fully saturated rings. The third kappa shape index (κ3) is 3.62. The molecular formula is C16H20N4OS. The van der Waals surface area contributed by atoms with E-state index in [9.17, 15) is 4.79 Å². The Bertz CT molecular complexity index is 668. The Morgan fingerprint density at radius 2 is 1.82 bits per heavy atom. The Hall–Kier alpha value is -1.95. The van der Waals surface area contributed by atoms with Gasteiger partial charge in [-0.25, -0.2) is 4.79 Å². The molecule has 6 heteroatoms. The van der Waals surface area contributed by atoms with Crippen LogP contribution in [0.3, 0.4) is 0 Å². The lowest BCUT2D eigenvalue weighted by Gasteiger charge is -2.19. The second kappa shape index (κ2) is 5.68. The summed E-state index contributed by atoms with van der Waals surface area (Å²) in [7, 11) is 0. The number of benzene rings is 1. The first kappa shape index (κ1) is 15.0. The number of nitrogens with one attached hydrogen (secondary N) is 2. The number of hydrogen-bond acceptors (Lipinski definition) is 4. The summed E-state index contributed by atoms with van der Waals surface area (Å²) in [5, 5.41) is 15.2. The summed E-state index contributed by atoms with van der Waals surface area (Å²) < 4.78 is 0. The van der Waals surface area contributed by atoms with Crippen molar-refractivity contribution in [2.75, 3.05) is 10.6 Å². The number of carbonyl (C=O) groups excluding carboxylic acids is 1. The summed E-state index contributed by atoms with van der Waals surface area (Å²) in [4.78, 5) is 12.0. The van der Waals surface area contributed by atoms with E-state index in [1.165, 1.54) is 29.7 Å². The number of nitrogens with zero attached hydrogens (tertiary/aromatic N) is 2.